The first-order valence-electron chi connectivity index (χ1n) is 13.5. The van der Waals surface area contributed by atoms with Crippen molar-refractivity contribution in [2.75, 3.05) is 19.6 Å². The first-order chi connectivity index (χ1) is 17.7. The summed E-state index contributed by atoms with van der Waals surface area (Å²) in [7, 11) is 1.87. The maximum atomic E-state index is 14.1. The lowest BCUT2D eigenvalue weighted by Gasteiger charge is -2.23. The number of nitriles is 1. The number of halogens is 2. The Kier molecular flexibility index (Phi) is 8.89. The van der Waals surface area contributed by atoms with Crippen LogP contribution in [0.2, 0.25) is 5.02 Å². The van der Waals surface area contributed by atoms with Gasteiger partial charge in [0.1, 0.15) is 11.2 Å². The standard InChI is InChI=1S/C18H21ClFN5.C10H18N2/c1-11(2)24-8-5-9-25-14(10-24)15(19)17(22-25)18-21-16-12(20)6-4-7-13(16)23(18)3;1-9(2)12-6-3-4-10(8-11)5-7-12/h4,6-7,11H,5,8-10H2,1-3H3;9-10H,3-7H2,1-2H3. The van der Waals surface area contributed by atoms with E-state index in [1.807, 2.05) is 22.4 Å². The number of aryl methyl sites for hydroxylation is 2. The molecule has 7 nitrogen and oxygen atoms in total. The van der Waals surface area contributed by atoms with Crippen LogP contribution in [0.15, 0.2) is 18.2 Å². The predicted molar refractivity (Wildman–Crippen MR) is 147 cm³/mol. The van der Waals surface area contributed by atoms with Crippen molar-refractivity contribution in [1.82, 2.24) is 29.1 Å². The summed E-state index contributed by atoms with van der Waals surface area (Å²) < 4.78 is 17.9. The van der Waals surface area contributed by atoms with Gasteiger partial charge in [0.2, 0.25) is 0 Å². The Morgan fingerprint density at radius 2 is 1.76 bits per heavy atom. The molecule has 1 atom stereocenters. The van der Waals surface area contributed by atoms with Gasteiger partial charge in [-0.05, 0) is 78.6 Å². The molecule has 0 saturated carbocycles. The molecule has 3 aromatic rings. The van der Waals surface area contributed by atoms with Crippen LogP contribution in [-0.4, -0.2) is 60.8 Å². The van der Waals surface area contributed by atoms with Crippen molar-refractivity contribution < 1.29 is 4.39 Å². The van der Waals surface area contributed by atoms with Crippen molar-refractivity contribution in [1.29, 1.82) is 5.26 Å². The third-order valence-electron chi connectivity index (χ3n) is 7.64. The number of rotatable bonds is 3. The van der Waals surface area contributed by atoms with Crippen LogP contribution in [0.5, 0.6) is 0 Å². The van der Waals surface area contributed by atoms with Crippen LogP contribution in [0.1, 0.15) is 59.1 Å². The van der Waals surface area contributed by atoms with E-state index in [-0.39, 0.29) is 5.82 Å². The molecule has 37 heavy (non-hydrogen) atoms. The van der Waals surface area contributed by atoms with Crippen LogP contribution >= 0.6 is 11.6 Å². The van der Waals surface area contributed by atoms with E-state index in [1.54, 1.807) is 6.07 Å². The zero-order valence-corrected chi connectivity index (χ0v) is 23.5. The first-order valence-corrected chi connectivity index (χ1v) is 13.8. The second-order valence-corrected chi connectivity index (χ2v) is 11.1. The lowest BCUT2D eigenvalue weighted by Crippen LogP contribution is -2.31. The van der Waals surface area contributed by atoms with E-state index in [9.17, 15) is 4.39 Å². The Morgan fingerprint density at radius 1 is 1.03 bits per heavy atom. The van der Waals surface area contributed by atoms with Crippen LogP contribution in [0, 0.1) is 23.1 Å². The molecule has 4 heterocycles. The van der Waals surface area contributed by atoms with Gasteiger partial charge < -0.3 is 9.47 Å². The average molecular weight is 528 g/mol. The van der Waals surface area contributed by atoms with E-state index in [2.05, 4.69) is 48.5 Å². The van der Waals surface area contributed by atoms with Crippen LogP contribution < -0.4 is 0 Å². The van der Waals surface area contributed by atoms with E-state index in [0.29, 0.717) is 40.1 Å². The second-order valence-electron chi connectivity index (χ2n) is 10.7. The minimum absolute atomic E-state index is 0.314. The predicted octanol–water partition coefficient (Wildman–Crippen LogP) is 5.86. The molecule has 0 N–H and O–H groups in total. The molecule has 0 bridgehead atoms. The number of imidazole rings is 1. The minimum atomic E-state index is -0.331. The molecule has 0 radical (unpaired) electrons. The number of para-hydroxylation sites is 1. The van der Waals surface area contributed by atoms with Crippen molar-refractivity contribution in [3.63, 3.8) is 0 Å². The summed E-state index contributed by atoms with van der Waals surface area (Å²) in [5.41, 5.74) is 2.72. The van der Waals surface area contributed by atoms with Gasteiger partial charge >= 0.3 is 0 Å². The maximum Gasteiger partial charge on any atom is 0.163 e. The fourth-order valence-electron chi connectivity index (χ4n) is 5.25. The highest BCUT2D eigenvalue weighted by Crippen LogP contribution is 2.33. The van der Waals surface area contributed by atoms with Crippen LogP contribution in [0.25, 0.3) is 22.6 Å². The molecule has 2 aromatic heterocycles. The van der Waals surface area contributed by atoms with Gasteiger partial charge in [-0.1, -0.05) is 17.7 Å². The largest absolute Gasteiger partial charge is 0.326 e. The van der Waals surface area contributed by atoms with Crippen LogP contribution in [0.3, 0.4) is 0 Å². The molecular weight excluding hydrogens is 489 g/mol. The number of benzene rings is 1. The lowest BCUT2D eigenvalue weighted by molar-refractivity contribution is 0.216. The Morgan fingerprint density at radius 3 is 2.43 bits per heavy atom. The van der Waals surface area contributed by atoms with Gasteiger partial charge in [0.25, 0.3) is 0 Å². The third kappa shape index (κ3) is 6.00. The summed E-state index contributed by atoms with van der Waals surface area (Å²) in [5, 5.41) is 14.1. The van der Waals surface area contributed by atoms with E-state index in [0.717, 1.165) is 56.7 Å². The number of hydrogen-bond donors (Lipinski definition) is 0. The summed E-state index contributed by atoms with van der Waals surface area (Å²) in [4.78, 5) is 9.34. The molecule has 0 amide bonds. The number of nitrogens with zero attached hydrogens (tertiary/aromatic N) is 7. The molecule has 200 valence electrons. The van der Waals surface area contributed by atoms with Crippen molar-refractivity contribution in [2.45, 2.75) is 78.6 Å². The van der Waals surface area contributed by atoms with Crippen molar-refractivity contribution >= 4 is 22.6 Å². The zero-order valence-electron chi connectivity index (χ0n) is 22.7. The van der Waals surface area contributed by atoms with Gasteiger partial charge in [-0.2, -0.15) is 10.4 Å². The molecule has 5 rings (SSSR count). The highest BCUT2D eigenvalue weighted by Gasteiger charge is 2.26. The van der Waals surface area contributed by atoms with Gasteiger partial charge in [-0.25, -0.2) is 9.37 Å². The SMILES string of the molecule is CC(C)N1CCCC(C#N)CC1.CC(C)N1CCCn2nc(-c3nc4c(F)cccc4n3C)c(Cl)c2C1. The van der Waals surface area contributed by atoms with Gasteiger partial charge in [-0.3, -0.25) is 9.58 Å². The molecule has 0 aliphatic carbocycles. The molecule has 1 aromatic carbocycles. The summed E-state index contributed by atoms with van der Waals surface area (Å²) >= 11 is 6.70. The number of likely N-dealkylation sites (tertiary alicyclic amines) is 1. The topological polar surface area (TPSA) is 65.9 Å². The van der Waals surface area contributed by atoms with Gasteiger partial charge in [0.05, 0.1) is 22.3 Å². The van der Waals surface area contributed by atoms with Crippen molar-refractivity contribution in [2.24, 2.45) is 13.0 Å². The van der Waals surface area contributed by atoms with Crippen LogP contribution in [-0.2, 0) is 20.1 Å². The normalized spacial score (nSPS) is 19.3. The number of aromatic nitrogens is 4. The third-order valence-corrected chi connectivity index (χ3v) is 8.04. The molecule has 1 unspecified atom stereocenters. The first kappa shape index (κ1) is 27.6. The molecule has 9 heteroatoms. The molecule has 1 fully saturated rings. The number of fused-ring (bicyclic) bond motifs is 2. The van der Waals surface area contributed by atoms with Crippen LogP contribution in [0.4, 0.5) is 4.39 Å². The second kappa shape index (κ2) is 11.9. The fraction of sp³-hybridized carbons (Fsp3) is 0.607. The Labute approximate surface area is 224 Å². The molecule has 1 saturated heterocycles. The number of hydrogen-bond acceptors (Lipinski definition) is 5. The van der Waals surface area contributed by atoms with Crippen molar-refractivity contribution in [3.8, 4) is 17.6 Å². The Hall–Kier alpha value is -2.47. The lowest BCUT2D eigenvalue weighted by atomic mass is 10.0. The monoisotopic (exact) mass is 527 g/mol. The Bertz CT molecular complexity index is 1260. The Balaban J connectivity index is 0.000000225. The highest BCUT2D eigenvalue weighted by atomic mass is 35.5. The molecular formula is C28H39ClFN7. The zero-order chi connectivity index (χ0) is 26.7. The summed E-state index contributed by atoms with van der Waals surface area (Å²) in [6, 6.07) is 8.43. The van der Waals surface area contributed by atoms with Gasteiger partial charge in [0.15, 0.2) is 11.6 Å². The minimum Gasteiger partial charge on any atom is -0.326 e. The van der Waals surface area contributed by atoms with Crippen molar-refractivity contribution in [3.05, 3.63) is 34.7 Å². The molecule has 2 aliphatic heterocycles. The maximum absolute atomic E-state index is 14.1. The fourth-order valence-corrected chi connectivity index (χ4v) is 5.53. The summed E-state index contributed by atoms with van der Waals surface area (Å²) in [6.07, 6.45) is 4.38. The molecule has 2 aliphatic rings. The molecule has 0 spiro atoms. The van der Waals surface area contributed by atoms with E-state index < -0.39 is 0 Å². The van der Waals surface area contributed by atoms with Gasteiger partial charge in [0, 0.05) is 44.7 Å². The van der Waals surface area contributed by atoms with Gasteiger partial charge in [-0.15, -0.1) is 0 Å². The van der Waals surface area contributed by atoms with E-state index in [1.165, 1.54) is 19.0 Å². The quantitative estimate of drug-likeness (QED) is 0.426. The van der Waals surface area contributed by atoms with E-state index >= 15 is 0 Å². The summed E-state index contributed by atoms with van der Waals surface area (Å²) in [5.74, 6) is 0.581. The smallest absolute Gasteiger partial charge is 0.163 e. The van der Waals surface area contributed by atoms with E-state index in [4.69, 9.17) is 22.0 Å². The average Bonchev–Trinajstić information content (AvgIpc) is 3.15. The highest BCUT2D eigenvalue weighted by molar-refractivity contribution is 6.33. The summed E-state index contributed by atoms with van der Waals surface area (Å²) in [6.45, 7) is 13.7.